The van der Waals surface area contributed by atoms with Gasteiger partial charge in [-0.05, 0) is 19.3 Å². The first-order valence-corrected chi connectivity index (χ1v) is 6.65. The highest BCUT2D eigenvalue weighted by Crippen LogP contribution is 2.28. The van der Waals surface area contributed by atoms with E-state index in [0.717, 1.165) is 25.1 Å². The van der Waals surface area contributed by atoms with Crippen molar-refractivity contribution in [3.63, 3.8) is 0 Å². The van der Waals surface area contributed by atoms with Crippen molar-refractivity contribution in [1.29, 1.82) is 0 Å². The van der Waals surface area contributed by atoms with Crippen LogP contribution in [0.15, 0.2) is 12.4 Å². The third-order valence-corrected chi connectivity index (χ3v) is 3.85. The maximum Gasteiger partial charge on any atom is 0.0590 e. The van der Waals surface area contributed by atoms with Crippen molar-refractivity contribution >= 4 is 0 Å². The van der Waals surface area contributed by atoms with Gasteiger partial charge in [0.15, 0.2) is 0 Å². The van der Waals surface area contributed by atoms with Gasteiger partial charge in [-0.1, -0.05) is 6.92 Å². The fourth-order valence-electron chi connectivity index (χ4n) is 2.86. The Labute approximate surface area is 109 Å². The molecule has 1 fully saturated rings. The molecule has 2 rings (SSSR count). The summed E-state index contributed by atoms with van der Waals surface area (Å²) >= 11 is 0. The predicted molar refractivity (Wildman–Crippen MR) is 71.0 cm³/mol. The molecule has 3 N–H and O–H groups in total. The standard InChI is InChI=1S/C13H24N4O/c1-9-7-17(5-4-12(9)18)13(10(2)14)11-6-15-16(3)8-11/h6,8-10,12-13,18H,4-5,7,14H2,1-3H3. The summed E-state index contributed by atoms with van der Waals surface area (Å²) in [7, 11) is 1.92. The van der Waals surface area contributed by atoms with E-state index in [9.17, 15) is 5.11 Å². The van der Waals surface area contributed by atoms with Crippen LogP contribution in [0.3, 0.4) is 0 Å². The zero-order chi connectivity index (χ0) is 13.3. The molecule has 5 nitrogen and oxygen atoms in total. The molecule has 0 bridgehead atoms. The molecule has 1 aromatic heterocycles. The van der Waals surface area contributed by atoms with E-state index in [1.165, 1.54) is 0 Å². The molecule has 1 aromatic rings. The van der Waals surface area contributed by atoms with E-state index in [1.54, 1.807) is 0 Å². The maximum atomic E-state index is 9.82. The highest BCUT2D eigenvalue weighted by molar-refractivity contribution is 5.13. The lowest BCUT2D eigenvalue weighted by atomic mass is 9.92. The quantitative estimate of drug-likeness (QED) is 0.822. The molecule has 0 saturated carbocycles. The summed E-state index contributed by atoms with van der Waals surface area (Å²) in [6.45, 7) is 5.92. The number of hydrogen-bond donors (Lipinski definition) is 2. The van der Waals surface area contributed by atoms with Crippen LogP contribution in [-0.4, -0.2) is 45.0 Å². The molecule has 1 aliphatic rings. The summed E-state index contributed by atoms with van der Waals surface area (Å²) in [5.41, 5.74) is 7.31. The van der Waals surface area contributed by atoms with Gasteiger partial charge in [0.2, 0.25) is 0 Å². The first-order valence-electron chi connectivity index (χ1n) is 6.65. The molecule has 18 heavy (non-hydrogen) atoms. The first-order chi connectivity index (χ1) is 8.49. The minimum atomic E-state index is -0.177. The Morgan fingerprint density at radius 2 is 2.28 bits per heavy atom. The molecule has 0 amide bonds. The number of rotatable bonds is 3. The van der Waals surface area contributed by atoms with Crippen LogP contribution in [0.4, 0.5) is 0 Å². The Kier molecular flexibility index (Phi) is 4.04. The van der Waals surface area contributed by atoms with Gasteiger partial charge in [-0.25, -0.2) is 0 Å². The van der Waals surface area contributed by atoms with Crippen molar-refractivity contribution in [2.45, 2.75) is 38.5 Å². The highest BCUT2D eigenvalue weighted by Gasteiger charge is 2.31. The third kappa shape index (κ3) is 2.74. The van der Waals surface area contributed by atoms with Gasteiger partial charge < -0.3 is 10.8 Å². The minimum Gasteiger partial charge on any atom is -0.393 e. The monoisotopic (exact) mass is 252 g/mol. The average Bonchev–Trinajstić information content (AvgIpc) is 2.70. The molecule has 2 heterocycles. The second-order valence-electron chi connectivity index (χ2n) is 5.58. The Hall–Kier alpha value is -0.910. The van der Waals surface area contributed by atoms with E-state index in [2.05, 4.69) is 16.9 Å². The van der Waals surface area contributed by atoms with Crippen LogP contribution in [-0.2, 0) is 7.05 Å². The molecular formula is C13H24N4O. The van der Waals surface area contributed by atoms with Crippen molar-refractivity contribution in [3.05, 3.63) is 18.0 Å². The van der Waals surface area contributed by atoms with Gasteiger partial charge in [0.25, 0.3) is 0 Å². The van der Waals surface area contributed by atoms with Gasteiger partial charge in [-0.15, -0.1) is 0 Å². The summed E-state index contributed by atoms with van der Waals surface area (Å²) in [6.07, 6.45) is 4.57. The van der Waals surface area contributed by atoms with Crippen molar-refractivity contribution in [1.82, 2.24) is 14.7 Å². The summed E-state index contributed by atoms with van der Waals surface area (Å²) in [5, 5.41) is 14.0. The molecular weight excluding hydrogens is 228 g/mol. The number of aromatic nitrogens is 2. The van der Waals surface area contributed by atoms with Crippen LogP contribution >= 0.6 is 0 Å². The number of likely N-dealkylation sites (tertiary alicyclic amines) is 1. The number of nitrogens with two attached hydrogens (primary N) is 1. The Bertz CT molecular complexity index is 390. The van der Waals surface area contributed by atoms with Crippen LogP contribution < -0.4 is 5.73 Å². The van der Waals surface area contributed by atoms with Crippen LogP contribution in [0.25, 0.3) is 0 Å². The van der Waals surface area contributed by atoms with E-state index in [1.807, 2.05) is 31.0 Å². The number of hydrogen-bond acceptors (Lipinski definition) is 4. The van der Waals surface area contributed by atoms with Gasteiger partial charge in [-0.2, -0.15) is 5.10 Å². The van der Waals surface area contributed by atoms with Crippen molar-refractivity contribution < 1.29 is 5.11 Å². The van der Waals surface area contributed by atoms with Crippen LogP contribution in [0.1, 0.15) is 31.9 Å². The largest absolute Gasteiger partial charge is 0.393 e. The predicted octanol–water partition coefficient (Wildman–Crippen LogP) is 0.511. The topological polar surface area (TPSA) is 67.3 Å². The fraction of sp³-hybridized carbons (Fsp3) is 0.769. The number of aliphatic hydroxyl groups excluding tert-OH is 1. The molecule has 4 atom stereocenters. The summed E-state index contributed by atoms with van der Waals surface area (Å²) in [4.78, 5) is 2.37. The number of nitrogens with zero attached hydrogens (tertiary/aromatic N) is 3. The lowest BCUT2D eigenvalue weighted by Crippen LogP contribution is -2.48. The second-order valence-corrected chi connectivity index (χ2v) is 5.58. The smallest absolute Gasteiger partial charge is 0.0590 e. The van der Waals surface area contributed by atoms with Gasteiger partial charge >= 0.3 is 0 Å². The lowest BCUT2D eigenvalue weighted by molar-refractivity contribution is 0.0126. The van der Waals surface area contributed by atoms with Crippen LogP contribution in [0, 0.1) is 5.92 Å². The minimum absolute atomic E-state index is 0.0524. The van der Waals surface area contributed by atoms with E-state index in [4.69, 9.17) is 5.73 Å². The number of aliphatic hydroxyl groups is 1. The zero-order valence-electron chi connectivity index (χ0n) is 11.5. The molecule has 0 aliphatic carbocycles. The normalized spacial score (nSPS) is 29.2. The van der Waals surface area contributed by atoms with Crippen LogP contribution in [0.5, 0.6) is 0 Å². The van der Waals surface area contributed by atoms with Crippen LogP contribution in [0.2, 0.25) is 0 Å². The van der Waals surface area contributed by atoms with E-state index < -0.39 is 0 Å². The molecule has 0 aromatic carbocycles. The summed E-state index contributed by atoms with van der Waals surface area (Å²) < 4.78 is 1.81. The SMILES string of the molecule is CC(N)C(c1cnn(C)c1)N1CCC(O)C(C)C1. The molecule has 5 heteroatoms. The molecule has 0 radical (unpaired) electrons. The Morgan fingerprint density at radius 3 is 2.78 bits per heavy atom. The molecule has 1 aliphatic heterocycles. The Morgan fingerprint density at radius 1 is 1.56 bits per heavy atom. The average molecular weight is 252 g/mol. The maximum absolute atomic E-state index is 9.82. The van der Waals surface area contributed by atoms with Crippen molar-refractivity contribution in [2.24, 2.45) is 18.7 Å². The van der Waals surface area contributed by atoms with E-state index in [0.29, 0.717) is 5.92 Å². The van der Waals surface area contributed by atoms with Gasteiger partial charge in [-0.3, -0.25) is 9.58 Å². The number of aryl methyl sites for hydroxylation is 1. The van der Waals surface area contributed by atoms with E-state index >= 15 is 0 Å². The van der Waals surface area contributed by atoms with Gasteiger partial charge in [0.05, 0.1) is 18.3 Å². The molecule has 0 spiro atoms. The Balaban J connectivity index is 2.16. The van der Waals surface area contributed by atoms with Crippen molar-refractivity contribution in [2.75, 3.05) is 13.1 Å². The number of piperidine rings is 1. The zero-order valence-corrected chi connectivity index (χ0v) is 11.5. The summed E-state index contributed by atoms with van der Waals surface area (Å²) in [5.74, 6) is 0.302. The molecule has 4 unspecified atom stereocenters. The molecule has 102 valence electrons. The highest BCUT2D eigenvalue weighted by atomic mass is 16.3. The lowest BCUT2D eigenvalue weighted by Gasteiger charge is -2.40. The van der Waals surface area contributed by atoms with Gasteiger partial charge in [0.1, 0.15) is 0 Å². The third-order valence-electron chi connectivity index (χ3n) is 3.85. The summed E-state index contributed by atoms with van der Waals surface area (Å²) in [6, 6.07) is 0.241. The van der Waals surface area contributed by atoms with Gasteiger partial charge in [0, 0.05) is 37.9 Å². The second kappa shape index (κ2) is 5.38. The fourth-order valence-corrected chi connectivity index (χ4v) is 2.86. The van der Waals surface area contributed by atoms with E-state index in [-0.39, 0.29) is 18.2 Å². The first kappa shape index (κ1) is 13.5. The van der Waals surface area contributed by atoms with Crippen molar-refractivity contribution in [3.8, 4) is 0 Å². The molecule has 1 saturated heterocycles.